The topological polar surface area (TPSA) is 39.8 Å². The van der Waals surface area contributed by atoms with Gasteiger partial charge in [0.05, 0.1) is 0 Å². The van der Waals surface area contributed by atoms with E-state index in [-0.39, 0.29) is 5.56 Å². The minimum Gasteiger partial charge on any atom is -0.331 e. The van der Waals surface area contributed by atoms with Gasteiger partial charge in [0.2, 0.25) is 0 Å². The van der Waals surface area contributed by atoms with Crippen molar-refractivity contribution in [2.45, 2.75) is 27.3 Å². The molecule has 0 aliphatic heterocycles. The third-order valence-electron chi connectivity index (χ3n) is 2.90. The second kappa shape index (κ2) is 4.80. The molecule has 96 valence electrons. The van der Waals surface area contributed by atoms with Crippen molar-refractivity contribution < 1.29 is 0 Å². The Bertz CT molecular complexity index is 581. The summed E-state index contributed by atoms with van der Waals surface area (Å²) in [5.74, 6) is 1.48. The quantitative estimate of drug-likeness (QED) is 0.831. The lowest BCUT2D eigenvalue weighted by atomic mass is 10.2. The average Bonchev–Trinajstić information content (AvgIpc) is 2.72. The number of aryl methyl sites for hydroxylation is 2. The summed E-state index contributed by atoms with van der Waals surface area (Å²) in [4.78, 5) is 16.1. The normalized spacial score (nSPS) is 11.2. The molecule has 2 heterocycles. The second-order valence-corrected chi connectivity index (χ2v) is 5.12. The molecule has 0 atom stereocenters. The van der Waals surface area contributed by atoms with E-state index in [4.69, 9.17) is 0 Å². The van der Waals surface area contributed by atoms with Crippen LogP contribution < -0.4 is 5.56 Å². The van der Waals surface area contributed by atoms with Crippen molar-refractivity contribution in [3.63, 3.8) is 0 Å². The smallest absolute Gasteiger partial charge is 0.253 e. The van der Waals surface area contributed by atoms with Crippen molar-refractivity contribution in [3.8, 4) is 11.4 Å². The minimum atomic E-state index is 0.0423. The van der Waals surface area contributed by atoms with Crippen LogP contribution in [0, 0.1) is 12.8 Å². The number of pyridine rings is 1. The molecule has 0 aliphatic carbocycles. The van der Waals surface area contributed by atoms with E-state index >= 15 is 0 Å². The first-order valence-electron chi connectivity index (χ1n) is 6.18. The predicted octanol–water partition coefficient (Wildman–Crippen LogP) is 2.21. The fourth-order valence-electron chi connectivity index (χ4n) is 2.11. The lowest BCUT2D eigenvalue weighted by molar-refractivity contribution is 0.526. The summed E-state index contributed by atoms with van der Waals surface area (Å²) in [5, 5.41) is 0. The molecule has 0 N–H and O–H groups in total. The van der Waals surface area contributed by atoms with Crippen LogP contribution in [-0.4, -0.2) is 14.1 Å². The predicted molar refractivity (Wildman–Crippen MR) is 72.5 cm³/mol. The van der Waals surface area contributed by atoms with Gasteiger partial charge in [-0.2, -0.15) is 0 Å². The summed E-state index contributed by atoms with van der Waals surface area (Å²) in [5.41, 5.74) is 1.77. The summed E-state index contributed by atoms with van der Waals surface area (Å²) < 4.78 is 3.74. The van der Waals surface area contributed by atoms with Crippen LogP contribution in [-0.2, 0) is 13.6 Å². The Morgan fingerprint density at radius 2 is 2.11 bits per heavy atom. The van der Waals surface area contributed by atoms with E-state index in [2.05, 4.69) is 23.4 Å². The lowest BCUT2D eigenvalue weighted by Gasteiger charge is -2.11. The summed E-state index contributed by atoms with van der Waals surface area (Å²) in [7, 11) is 1.77. The van der Waals surface area contributed by atoms with Gasteiger partial charge in [0.15, 0.2) is 0 Å². The fourth-order valence-corrected chi connectivity index (χ4v) is 2.11. The molecular formula is C14H19N3O. The third-order valence-corrected chi connectivity index (χ3v) is 2.90. The van der Waals surface area contributed by atoms with Gasteiger partial charge < -0.3 is 9.13 Å². The first-order valence-corrected chi connectivity index (χ1v) is 6.18. The van der Waals surface area contributed by atoms with Crippen LogP contribution in [0.1, 0.15) is 19.4 Å². The van der Waals surface area contributed by atoms with Gasteiger partial charge in [0, 0.05) is 43.3 Å². The van der Waals surface area contributed by atoms with E-state index in [0.717, 1.165) is 23.5 Å². The molecule has 2 aromatic rings. The van der Waals surface area contributed by atoms with E-state index in [0.29, 0.717) is 5.92 Å². The zero-order valence-electron chi connectivity index (χ0n) is 11.3. The maximum atomic E-state index is 11.7. The number of aromatic nitrogens is 3. The molecule has 4 nitrogen and oxygen atoms in total. The first kappa shape index (κ1) is 12.6. The Labute approximate surface area is 107 Å². The van der Waals surface area contributed by atoms with E-state index in [1.54, 1.807) is 17.8 Å². The van der Waals surface area contributed by atoms with Crippen molar-refractivity contribution in [2.75, 3.05) is 0 Å². The number of hydrogen-bond donors (Lipinski definition) is 0. The van der Waals surface area contributed by atoms with Crippen molar-refractivity contribution in [1.82, 2.24) is 14.1 Å². The SMILES string of the molecule is Cc1cc(-c2nccn2CC(C)C)cn(C)c1=O. The van der Waals surface area contributed by atoms with Gasteiger partial charge in [-0.05, 0) is 18.9 Å². The van der Waals surface area contributed by atoms with Crippen LogP contribution in [0.25, 0.3) is 11.4 Å². The van der Waals surface area contributed by atoms with Crippen LogP contribution in [0.15, 0.2) is 29.5 Å². The molecule has 0 saturated carbocycles. The van der Waals surface area contributed by atoms with Crippen molar-refractivity contribution >= 4 is 0 Å². The van der Waals surface area contributed by atoms with Crippen LogP contribution in [0.2, 0.25) is 0 Å². The molecule has 0 amide bonds. The van der Waals surface area contributed by atoms with Gasteiger partial charge in [0.25, 0.3) is 5.56 Å². The van der Waals surface area contributed by atoms with Crippen molar-refractivity contribution in [3.05, 3.63) is 40.6 Å². The molecule has 0 unspecified atom stereocenters. The number of nitrogens with zero attached hydrogens (tertiary/aromatic N) is 3. The van der Waals surface area contributed by atoms with Crippen LogP contribution >= 0.6 is 0 Å². The highest BCUT2D eigenvalue weighted by Gasteiger charge is 2.09. The second-order valence-electron chi connectivity index (χ2n) is 5.12. The molecule has 0 aromatic carbocycles. The maximum absolute atomic E-state index is 11.7. The molecule has 0 radical (unpaired) electrons. The zero-order valence-corrected chi connectivity index (χ0v) is 11.3. The van der Waals surface area contributed by atoms with E-state index < -0.39 is 0 Å². The zero-order chi connectivity index (χ0) is 13.3. The highest BCUT2D eigenvalue weighted by molar-refractivity contribution is 5.55. The summed E-state index contributed by atoms with van der Waals surface area (Å²) >= 11 is 0. The third kappa shape index (κ3) is 2.37. The Hall–Kier alpha value is -1.84. The van der Waals surface area contributed by atoms with Crippen molar-refractivity contribution in [2.24, 2.45) is 13.0 Å². The Morgan fingerprint density at radius 3 is 2.72 bits per heavy atom. The summed E-state index contributed by atoms with van der Waals surface area (Å²) in [6, 6.07) is 1.90. The highest BCUT2D eigenvalue weighted by atomic mass is 16.1. The van der Waals surface area contributed by atoms with Crippen LogP contribution in [0.3, 0.4) is 0 Å². The fraction of sp³-hybridized carbons (Fsp3) is 0.429. The van der Waals surface area contributed by atoms with Gasteiger partial charge in [-0.15, -0.1) is 0 Å². The maximum Gasteiger partial charge on any atom is 0.253 e. The van der Waals surface area contributed by atoms with Gasteiger partial charge in [-0.25, -0.2) is 4.98 Å². The number of hydrogen-bond acceptors (Lipinski definition) is 2. The molecule has 0 bridgehead atoms. The molecule has 0 aliphatic rings. The minimum absolute atomic E-state index is 0.0423. The largest absolute Gasteiger partial charge is 0.331 e. The molecule has 2 rings (SSSR count). The molecule has 0 saturated heterocycles. The highest BCUT2D eigenvalue weighted by Crippen LogP contribution is 2.18. The Kier molecular flexibility index (Phi) is 3.36. The first-order chi connectivity index (χ1) is 8.49. The van der Waals surface area contributed by atoms with E-state index in [1.165, 1.54) is 0 Å². The molecule has 4 heteroatoms. The molecule has 0 spiro atoms. The molecular weight excluding hydrogens is 226 g/mol. The standard InChI is InChI=1S/C14H19N3O/c1-10(2)8-17-6-5-15-13(17)12-7-11(3)14(18)16(4)9-12/h5-7,9-10H,8H2,1-4H3. The van der Waals surface area contributed by atoms with E-state index in [9.17, 15) is 4.79 Å². The summed E-state index contributed by atoms with van der Waals surface area (Å²) in [6.45, 7) is 7.12. The number of imidazole rings is 1. The number of rotatable bonds is 3. The Morgan fingerprint density at radius 1 is 1.39 bits per heavy atom. The van der Waals surface area contributed by atoms with Crippen LogP contribution in [0.5, 0.6) is 0 Å². The molecule has 0 fully saturated rings. The Balaban J connectivity index is 2.49. The average molecular weight is 245 g/mol. The van der Waals surface area contributed by atoms with Gasteiger partial charge in [0.1, 0.15) is 5.82 Å². The van der Waals surface area contributed by atoms with Gasteiger partial charge in [-0.3, -0.25) is 4.79 Å². The van der Waals surface area contributed by atoms with E-state index in [1.807, 2.05) is 25.4 Å². The van der Waals surface area contributed by atoms with Gasteiger partial charge >= 0.3 is 0 Å². The monoisotopic (exact) mass is 245 g/mol. The lowest BCUT2D eigenvalue weighted by Crippen LogP contribution is -2.19. The van der Waals surface area contributed by atoms with Crippen LogP contribution in [0.4, 0.5) is 0 Å². The molecule has 18 heavy (non-hydrogen) atoms. The van der Waals surface area contributed by atoms with Crippen molar-refractivity contribution in [1.29, 1.82) is 0 Å². The molecule has 2 aromatic heterocycles. The van der Waals surface area contributed by atoms with Gasteiger partial charge in [-0.1, -0.05) is 13.8 Å². The summed E-state index contributed by atoms with van der Waals surface area (Å²) in [6.07, 6.45) is 5.63.